The topological polar surface area (TPSA) is 51.1 Å². The molecule has 25 heavy (non-hydrogen) atoms. The van der Waals surface area contributed by atoms with Gasteiger partial charge in [0.05, 0.1) is 11.7 Å². The lowest BCUT2D eigenvalue weighted by Crippen LogP contribution is -2.34. The van der Waals surface area contributed by atoms with Crippen LogP contribution in [0.4, 0.5) is 5.82 Å². The molecule has 4 rings (SSSR count). The molecule has 0 spiro atoms. The standard InChI is InChI=1S/C20H20N4O/c1-2-8-17(9-3-1)25-15-16-7-6-14-24(16)20-12-11-19(22-23-20)18-10-4-5-13-21-18/h1-5,8-13,16H,6-7,14-15H2/t16-/m0/s1. The molecule has 3 aromatic rings. The average molecular weight is 332 g/mol. The Bertz CT molecular complexity index is 793. The fraction of sp³-hybridized carbons (Fsp3) is 0.250. The highest BCUT2D eigenvalue weighted by Gasteiger charge is 2.26. The number of ether oxygens (including phenoxy) is 1. The minimum atomic E-state index is 0.329. The van der Waals surface area contributed by atoms with E-state index in [2.05, 4.69) is 20.1 Å². The number of rotatable bonds is 5. The molecule has 5 nitrogen and oxygen atoms in total. The smallest absolute Gasteiger partial charge is 0.151 e. The van der Waals surface area contributed by atoms with Gasteiger partial charge in [-0.1, -0.05) is 24.3 Å². The summed E-state index contributed by atoms with van der Waals surface area (Å²) in [4.78, 5) is 6.61. The van der Waals surface area contributed by atoms with Gasteiger partial charge >= 0.3 is 0 Å². The fourth-order valence-electron chi connectivity index (χ4n) is 3.15. The van der Waals surface area contributed by atoms with Gasteiger partial charge in [0.1, 0.15) is 18.1 Å². The van der Waals surface area contributed by atoms with Gasteiger partial charge in [-0.2, -0.15) is 0 Å². The van der Waals surface area contributed by atoms with Gasteiger partial charge in [0.15, 0.2) is 5.82 Å². The largest absolute Gasteiger partial charge is 0.491 e. The van der Waals surface area contributed by atoms with E-state index in [-0.39, 0.29) is 0 Å². The first-order valence-corrected chi connectivity index (χ1v) is 8.60. The number of anilines is 1. The van der Waals surface area contributed by atoms with E-state index in [4.69, 9.17) is 4.74 Å². The van der Waals surface area contributed by atoms with Crippen LogP contribution in [-0.4, -0.2) is 34.4 Å². The molecule has 1 fully saturated rings. The van der Waals surface area contributed by atoms with Crippen molar-refractivity contribution in [2.45, 2.75) is 18.9 Å². The number of benzene rings is 1. The summed E-state index contributed by atoms with van der Waals surface area (Å²) in [5.74, 6) is 1.81. The van der Waals surface area contributed by atoms with Crippen molar-refractivity contribution in [3.05, 3.63) is 66.9 Å². The predicted molar refractivity (Wildman–Crippen MR) is 97.6 cm³/mol. The molecule has 1 saturated heterocycles. The van der Waals surface area contributed by atoms with E-state index in [1.165, 1.54) is 0 Å². The molecule has 2 aromatic heterocycles. The van der Waals surface area contributed by atoms with Crippen molar-refractivity contribution in [1.29, 1.82) is 0 Å². The normalized spacial score (nSPS) is 16.8. The Labute approximate surface area is 147 Å². The third-order valence-electron chi connectivity index (χ3n) is 4.43. The lowest BCUT2D eigenvalue weighted by atomic mass is 10.2. The summed E-state index contributed by atoms with van der Waals surface area (Å²) in [6.45, 7) is 1.65. The number of pyridine rings is 1. The molecule has 3 heterocycles. The summed E-state index contributed by atoms with van der Waals surface area (Å²) in [6.07, 6.45) is 4.02. The van der Waals surface area contributed by atoms with Gasteiger partial charge in [-0.3, -0.25) is 4.98 Å². The fourth-order valence-corrected chi connectivity index (χ4v) is 3.15. The van der Waals surface area contributed by atoms with Crippen molar-refractivity contribution >= 4 is 5.82 Å². The molecule has 0 aliphatic carbocycles. The predicted octanol–water partition coefficient (Wildman–Crippen LogP) is 3.59. The van der Waals surface area contributed by atoms with Gasteiger partial charge in [0, 0.05) is 12.7 Å². The maximum absolute atomic E-state index is 5.93. The van der Waals surface area contributed by atoms with Gasteiger partial charge in [-0.05, 0) is 49.2 Å². The summed E-state index contributed by atoms with van der Waals surface area (Å²) in [5, 5.41) is 8.77. The van der Waals surface area contributed by atoms with Crippen molar-refractivity contribution in [2.75, 3.05) is 18.1 Å². The van der Waals surface area contributed by atoms with Crippen LogP contribution in [0.2, 0.25) is 0 Å². The summed E-state index contributed by atoms with van der Waals surface area (Å²) < 4.78 is 5.93. The zero-order chi connectivity index (χ0) is 16.9. The van der Waals surface area contributed by atoms with Crippen molar-refractivity contribution in [2.24, 2.45) is 0 Å². The van der Waals surface area contributed by atoms with Gasteiger partial charge in [-0.25, -0.2) is 0 Å². The highest BCUT2D eigenvalue weighted by atomic mass is 16.5. The molecule has 0 saturated carbocycles. The van der Waals surface area contributed by atoms with Crippen LogP contribution in [-0.2, 0) is 0 Å². The molecule has 1 aliphatic heterocycles. The van der Waals surface area contributed by atoms with E-state index in [1.54, 1.807) is 6.20 Å². The third-order valence-corrected chi connectivity index (χ3v) is 4.43. The number of aromatic nitrogens is 3. The van der Waals surface area contributed by atoms with Crippen LogP contribution < -0.4 is 9.64 Å². The summed E-state index contributed by atoms with van der Waals surface area (Å²) in [7, 11) is 0. The molecule has 0 N–H and O–H groups in total. The molecular formula is C20H20N4O. The van der Waals surface area contributed by atoms with E-state index < -0.39 is 0 Å². The van der Waals surface area contributed by atoms with Crippen LogP contribution in [0, 0.1) is 0 Å². The lowest BCUT2D eigenvalue weighted by molar-refractivity contribution is 0.288. The van der Waals surface area contributed by atoms with Gasteiger partial charge in [0.2, 0.25) is 0 Å². The van der Waals surface area contributed by atoms with Crippen molar-refractivity contribution < 1.29 is 4.74 Å². The van der Waals surface area contributed by atoms with E-state index in [0.29, 0.717) is 12.6 Å². The Morgan fingerprint density at radius 3 is 2.56 bits per heavy atom. The molecule has 0 radical (unpaired) electrons. The van der Waals surface area contributed by atoms with E-state index in [9.17, 15) is 0 Å². The number of hydrogen-bond acceptors (Lipinski definition) is 5. The average Bonchev–Trinajstić information content (AvgIpc) is 3.17. The first kappa shape index (κ1) is 15.6. The number of nitrogens with zero attached hydrogens (tertiary/aromatic N) is 4. The van der Waals surface area contributed by atoms with E-state index in [1.807, 2.05) is 60.7 Å². The zero-order valence-corrected chi connectivity index (χ0v) is 14.0. The third kappa shape index (κ3) is 3.60. The van der Waals surface area contributed by atoms with Crippen LogP contribution in [0.25, 0.3) is 11.4 Å². The first-order valence-electron chi connectivity index (χ1n) is 8.60. The molecule has 0 unspecified atom stereocenters. The van der Waals surface area contributed by atoms with Crippen LogP contribution in [0.1, 0.15) is 12.8 Å². The van der Waals surface area contributed by atoms with Crippen LogP contribution in [0.15, 0.2) is 66.9 Å². The molecule has 1 aliphatic rings. The highest BCUT2D eigenvalue weighted by molar-refractivity contribution is 5.55. The number of hydrogen-bond donors (Lipinski definition) is 0. The molecular weight excluding hydrogens is 312 g/mol. The van der Waals surface area contributed by atoms with E-state index in [0.717, 1.165) is 42.3 Å². The monoisotopic (exact) mass is 332 g/mol. The van der Waals surface area contributed by atoms with Gasteiger partial charge in [0.25, 0.3) is 0 Å². The van der Waals surface area contributed by atoms with Gasteiger partial charge in [-0.15, -0.1) is 10.2 Å². The minimum Gasteiger partial charge on any atom is -0.491 e. The molecule has 1 aromatic carbocycles. The van der Waals surface area contributed by atoms with Crippen molar-refractivity contribution in [3.8, 4) is 17.1 Å². The van der Waals surface area contributed by atoms with E-state index >= 15 is 0 Å². The highest BCUT2D eigenvalue weighted by Crippen LogP contribution is 2.25. The minimum absolute atomic E-state index is 0.329. The summed E-state index contributed by atoms with van der Waals surface area (Å²) >= 11 is 0. The lowest BCUT2D eigenvalue weighted by Gasteiger charge is -2.25. The second kappa shape index (κ2) is 7.30. The second-order valence-corrected chi connectivity index (χ2v) is 6.11. The Hall–Kier alpha value is -2.95. The summed E-state index contributed by atoms with van der Waals surface area (Å²) in [6, 6.07) is 20.1. The molecule has 126 valence electrons. The Morgan fingerprint density at radius 2 is 1.80 bits per heavy atom. The van der Waals surface area contributed by atoms with Crippen molar-refractivity contribution in [3.63, 3.8) is 0 Å². The zero-order valence-electron chi connectivity index (χ0n) is 14.0. The van der Waals surface area contributed by atoms with Gasteiger partial charge < -0.3 is 9.64 Å². The first-order chi connectivity index (χ1) is 12.4. The maximum Gasteiger partial charge on any atom is 0.151 e. The Morgan fingerprint density at radius 1 is 0.920 bits per heavy atom. The second-order valence-electron chi connectivity index (χ2n) is 6.11. The van der Waals surface area contributed by atoms with Crippen LogP contribution in [0.5, 0.6) is 5.75 Å². The Kier molecular flexibility index (Phi) is 4.55. The number of para-hydroxylation sites is 1. The molecule has 0 bridgehead atoms. The Balaban J connectivity index is 1.45. The molecule has 5 heteroatoms. The van der Waals surface area contributed by atoms with Crippen molar-refractivity contribution in [1.82, 2.24) is 15.2 Å². The summed E-state index contributed by atoms with van der Waals surface area (Å²) in [5.41, 5.74) is 1.63. The SMILES string of the molecule is c1ccc(OC[C@@H]2CCCN2c2ccc(-c3ccccn3)nn2)cc1. The van der Waals surface area contributed by atoms with Crippen LogP contribution >= 0.6 is 0 Å². The maximum atomic E-state index is 5.93. The molecule has 0 amide bonds. The quantitative estimate of drug-likeness (QED) is 0.715. The molecule has 1 atom stereocenters. The van der Waals surface area contributed by atoms with Crippen LogP contribution in [0.3, 0.4) is 0 Å².